The number of aromatic carboxylic acids is 1. The summed E-state index contributed by atoms with van der Waals surface area (Å²) in [7, 11) is 0. The lowest BCUT2D eigenvalue weighted by molar-refractivity contribution is 0.0702. The van der Waals surface area contributed by atoms with Gasteiger partial charge in [-0.3, -0.25) is 0 Å². The third-order valence-electron chi connectivity index (χ3n) is 1.64. The Morgan fingerprint density at radius 2 is 2.43 bits per heavy atom. The van der Waals surface area contributed by atoms with Crippen LogP contribution in [0, 0.1) is 0 Å². The SMILES string of the molecule is CSc1ncc2cc(C(=O)O)sc2n1. The fraction of sp³-hybridized carbons (Fsp3) is 0.125. The highest BCUT2D eigenvalue weighted by atomic mass is 32.2. The molecule has 0 saturated carbocycles. The predicted octanol–water partition coefficient (Wildman–Crippen LogP) is 2.11. The average molecular weight is 226 g/mol. The van der Waals surface area contributed by atoms with Gasteiger partial charge < -0.3 is 5.11 Å². The highest BCUT2D eigenvalue weighted by molar-refractivity contribution is 7.98. The van der Waals surface area contributed by atoms with E-state index in [0.717, 1.165) is 10.2 Å². The molecule has 0 aliphatic carbocycles. The first-order valence-corrected chi connectivity index (χ1v) is 5.78. The van der Waals surface area contributed by atoms with Gasteiger partial charge in [0.15, 0.2) is 5.16 Å². The number of thiophene rings is 1. The summed E-state index contributed by atoms with van der Waals surface area (Å²) in [6, 6.07) is 1.59. The molecule has 0 fully saturated rings. The second-order valence-corrected chi connectivity index (χ2v) is 4.34. The second-order valence-electron chi connectivity index (χ2n) is 2.53. The third kappa shape index (κ3) is 1.58. The summed E-state index contributed by atoms with van der Waals surface area (Å²) >= 11 is 2.61. The zero-order valence-electron chi connectivity index (χ0n) is 7.22. The Bertz CT molecular complexity index is 495. The highest BCUT2D eigenvalue weighted by Gasteiger charge is 2.09. The second kappa shape index (κ2) is 3.55. The number of fused-ring (bicyclic) bond motifs is 1. The molecular formula is C8H6N2O2S2. The molecule has 0 bridgehead atoms. The van der Waals surface area contributed by atoms with Crippen molar-refractivity contribution in [1.82, 2.24) is 9.97 Å². The summed E-state index contributed by atoms with van der Waals surface area (Å²) < 4.78 is 0. The normalized spacial score (nSPS) is 10.6. The Hall–Kier alpha value is -1.14. The third-order valence-corrected chi connectivity index (χ3v) is 3.24. The smallest absolute Gasteiger partial charge is 0.345 e. The van der Waals surface area contributed by atoms with E-state index < -0.39 is 5.97 Å². The zero-order chi connectivity index (χ0) is 10.1. The minimum atomic E-state index is -0.918. The van der Waals surface area contributed by atoms with E-state index in [1.807, 2.05) is 6.26 Å². The molecule has 4 nitrogen and oxygen atoms in total. The van der Waals surface area contributed by atoms with Gasteiger partial charge in [0.05, 0.1) is 0 Å². The first-order chi connectivity index (χ1) is 6.70. The van der Waals surface area contributed by atoms with Gasteiger partial charge in [-0.15, -0.1) is 11.3 Å². The Kier molecular flexibility index (Phi) is 2.39. The summed E-state index contributed by atoms with van der Waals surface area (Å²) in [5, 5.41) is 10.2. The first-order valence-electron chi connectivity index (χ1n) is 3.74. The minimum Gasteiger partial charge on any atom is -0.477 e. The molecule has 0 radical (unpaired) electrons. The van der Waals surface area contributed by atoms with Crippen molar-refractivity contribution in [3.05, 3.63) is 17.1 Å². The van der Waals surface area contributed by atoms with E-state index in [0.29, 0.717) is 10.0 Å². The quantitative estimate of drug-likeness (QED) is 0.627. The van der Waals surface area contributed by atoms with Crippen LogP contribution in [0.15, 0.2) is 17.4 Å². The lowest BCUT2D eigenvalue weighted by Crippen LogP contribution is -1.89. The van der Waals surface area contributed by atoms with Gasteiger partial charge in [0, 0.05) is 11.6 Å². The molecule has 0 atom stereocenters. The van der Waals surface area contributed by atoms with E-state index in [4.69, 9.17) is 5.11 Å². The highest BCUT2D eigenvalue weighted by Crippen LogP contribution is 2.24. The van der Waals surface area contributed by atoms with Gasteiger partial charge in [0.1, 0.15) is 9.71 Å². The monoisotopic (exact) mass is 226 g/mol. The number of thioether (sulfide) groups is 1. The predicted molar refractivity (Wildman–Crippen MR) is 56.2 cm³/mol. The standard InChI is InChI=1S/C8H6N2O2S2/c1-13-8-9-3-4-2-5(7(11)12)14-6(4)10-8/h2-3H,1H3,(H,11,12). The number of carboxylic acids is 1. The summed E-state index contributed by atoms with van der Waals surface area (Å²) in [5.74, 6) is -0.918. The van der Waals surface area contributed by atoms with E-state index in [9.17, 15) is 4.79 Å². The van der Waals surface area contributed by atoms with E-state index in [2.05, 4.69) is 9.97 Å². The summed E-state index contributed by atoms with van der Waals surface area (Å²) in [6.07, 6.45) is 3.53. The van der Waals surface area contributed by atoms with Crippen LogP contribution in [-0.4, -0.2) is 27.3 Å². The fourth-order valence-electron chi connectivity index (χ4n) is 1.02. The van der Waals surface area contributed by atoms with Crippen LogP contribution in [0.1, 0.15) is 9.67 Å². The molecule has 0 aromatic carbocycles. The van der Waals surface area contributed by atoms with Gasteiger partial charge in [-0.25, -0.2) is 14.8 Å². The molecule has 2 aromatic heterocycles. The van der Waals surface area contributed by atoms with Crippen LogP contribution >= 0.6 is 23.1 Å². The van der Waals surface area contributed by atoms with Crippen molar-refractivity contribution in [2.75, 3.05) is 6.26 Å². The molecule has 0 saturated heterocycles. The Balaban J connectivity index is 2.60. The van der Waals surface area contributed by atoms with Crippen LogP contribution in [0.3, 0.4) is 0 Å². The van der Waals surface area contributed by atoms with E-state index in [1.165, 1.54) is 23.1 Å². The first kappa shape index (κ1) is 9.42. The average Bonchev–Trinajstić information content (AvgIpc) is 2.59. The van der Waals surface area contributed by atoms with Crippen molar-refractivity contribution < 1.29 is 9.90 Å². The molecule has 72 valence electrons. The summed E-state index contributed by atoms with van der Waals surface area (Å²) in [6.45, 7) is 0. The molecule has 6 heteroatoms. The van der Waals surface area contributed by atoms with Crippen LogP contribution in [0.4, 0.5) is 0 Å². The van der Waals surface area contributed by atoms with Gasteiger partial charge in [0.25, 0.3) is 0 Å². The van der Waals surface area contributed by atoms with Crippen LogP contribution in [0.25, 0.3) is 10.2 Å². The number of carboxylic acid groups (broad SMARTS) is 1. The maximum atomic E-state index is 10.7. The topological polar surface area (TPSA) is 63.1 Å². The number of hydrogen-bond acceptors (Lipinski definition) is 5. The van der Waals surface area contributed by atoms with Crippen molar-refractivity contribution in [2.24, 2.45) is 0 Å². The lowest BCUT2D eigenvalue weighted by Gasteiger charge is -1.91. The van der Waals surface area contributed by atoms with E-state index >= 15 is 0 Å². The van der Waals surface area contributed by atoms with Crippen molar-refractivity contribution >= 4 is 39.3 Å². The Labute approximate surface area is 88.0 Å². The number of nitrogens with zero attached hydrogens (tertiary/aromatic N) is 2. The maximum absolute atomic E-state index is 10.7. The number of carbonyl (C=O) groups is 1. The van der Waals surface area contributed by atoms with Crippen LogP contribution in [0.5, 0.6) is 0 Å². The largest absolute Gasteiger partial charge is 0.477 e. The van der Waals surface area contributed by atoms with Crippen LogP contribution in [-0.2, 0) is 0 Å². The lowest BCUT2D eigenvalue weighted by atomic mass is 10.4. The van der Waals surface area contributed by atoms with Crippen molar-refractivity contribution in [3.63, 3.8) is 0 Å². The molecule has 0 aliphatic heterocycles. The summed E-state index contributed by atoms with van der Waals surface area (Å²) in [5.41, 5.74) is 0. The Morgan fingerprint density at radius 1 is 1.64 bits per heavy atom. The molecule has 14 heavy (non-hydrogen) atoms. The van der Waals surface area contributed by atoms with Crippen LogP contribution < -0.4 is 0 Å². The fourth-order valence-corrected chi connectivity index (χ4v) is 2.26. The van der Waals surface area contributed by atoms with Gasteiger partial charge in [-0.1, -0.05) is 11.8 Å². The van der Waals surface area contributed by atoms with E-state index in [-0.39, 0.29) is 0 Å². The minimum absolute atomic E-state index is 0.299. The van der Waals surface area contributed by atoms with Gasteiger partial charge in [-0.2, -0.15) is 0 Å². The van der Waals surface area contributed by atoms with Gasteiger partial charge >= 0.3 is 5.97 Å². The molecule has 2 aromatic rings. The van der Waals surface area contributed by atoms with E-state index in [1.54, 1.807) is 12.3 Å². The molecule has 2 rings (SSSR count). The number of hydrogen-bond donors (Lipinski definition) is 1. The number of rotatable bonds is 2. The van der Waals surface area contributed by atoms with Gasteiger partial charge in [-0.05, 0) is 12.3 Å². The molecular weight excluding hydrogens is 220 g/mol. The zero-order valence-corrected chi connectivity index (χ0v) is 8.85. The Morgan fingerprint density at radius 3 is 3.07 bits per heavy atom. The van der Waals surface area contributed by atoms with Crippen molar-refractivity contribution in [2.45, 2.75) is 5.16 Å². The summed E-state index contributed by atoms with van der Waals surface area (Å²) in [4.78, 5) is 20.0. The maximum Gasteiger partial charge on any atom is 0.345 e. The molecule has 0 spiro atoms. The van der Waals surface area contributed by atoms with Crippen LogP contribution in [0.2, 0.25) is 0 Å². The van der Waals surface area contributed by atoms with Crippen molar-refractivity contribution in [3.8, 4) is 0 Å². The molecule has 1 N–H and O–H groups in total. The molecule has 0 amide bonds. The molecule has 2 heterocycles. The molecule has 0 aliphatic rings. The van der Waals surface area contributed by atoms with Gasteiger partial charge in [0.2, 0.25) is 0 Å². The molecule has 0 unspecified atom stereocenters. The van der Waals surface area contributed by atoms with Crippen molar-refractivity contribution in [1.29, 1.82) is 0 Å². The number of aromatic nitrogens is 2.